The number of fused-ring (bicyclic) bond motifs is 8. The molecule has 6 aromatic rings. The molecule has 0 fully saturated rings. The van der Waals surface area contributed by atoms with E-state index in [1.807, 2.05) is 6.07 Å². The predicted molar refractivity (Wildman–Crippen MR) is 164 cm³/mol. The highest BCUT2D eigenvalue weighted by Crippen LogP contribution is 2.53. The van der Waals surface area contributed by atoms with E-state index in [-0.39, 0.29) is 12.3 Å². The van der Waals surface area contributed by atoms with Crippen LogP contribution in [0.25, 0.3) is 37.8 Å². The van der Waals surface area contributed by atoms with Crippen molar-refractivity contribution in [2.75, 3.05) is 0 Å². The summed E-state index contributed by atoms with van der Waals surface area (Å²) in [7, 11) is 0. The summed E-state index contributed by atoms with van der Waals surface area (Å²) in [6, 6.07) is 37.1. The van der Waals surface area contributed by atoms with Gasteiger partial charge in [0, 0.05) is 10.8 Å². The molecule has 2 heterocycles. The van der Waals surface area contributed by atoms with Gasteiger partial charge in [0.1, 0.15) is 6.07 Å². The van der Waals surface area contributed by atoms with E-state index in [9.17, 15) is 15.8 Å². The second-order valence-corrected chi connectivity index (χ2v) is 11.1. The monoisotopic (exact) mass is 531 g/mol. The highest BCUT2D eigenvalue weighted by molar-refractivity contribution is 6.86. The normalized spacial score (nSPS) is 15.7. The number of benzene rings is 5. The zero-order valence-corrected chi connectivity index (χ0v) is 22.5. The van der Waals surface area contributed by atoms with Crippen molar-refractivity contribution in [3.8, 4) is 29.3 Å². The zero-order chi connectivity index (χ0) is 28.7. The van der Waals surface area contributed by atoms with Gasteiger partial charge in [-0.1, -0.05) is 66.7 Å². The Bertz CT molecular complexity index is 2300. The molecule has 5 aromatic carbocycles. The van der Waals surface area contributed by atoms with Crippen LogP contribution in [-0.2, 0) is 5.41 Å². The lowest BCUT2D eigenvalue weighted by Crippen LogP contribution is -2.58. The largest absolute Gasteiger partial charge is 0.374 e. The van der Waals surface area contributed by atoms with Crippen molar-refractivity contribution in [3.63, 3.8) is 0 Å². The summed E-state index contributed by atoms with van der Waals surface area (Å²) < 4.78 is 2.12. The zero-order valence-electron chi connectivity index (χ0n) is 22.5. The Balaban J connectivity index is 1.61. The molecule has 1 aromatic heterocycles. The minimum atomic E-state index is -0.379. The minimum Gasteiger partial charge on any atom is -0.374 e. The second-order valence-electron chi connectivity index (χ2n) is 11.1. The molecule has 5 nitrogen and oxygen atoms in total. The van der Waals surface area contributed by atoms with Crippen LogP contribution in [-0.4, -0.2) is 11.3 Å². The maximum atomic E-state index is 10.4. The van der Waals surface area contributed by atoms with Gasteiger partial charge < -0.3 is 4.48 Å². The Kier molecular flexibility index (Phi) is 4.65. The summed E-state index contributed by atoms with van der Waals surface area (Å²) in [4.78, 5) is 3.64. The average Bonchev–Trinajstić information content (AvgIpc) is 3.51. The van der Waals surface area contributed by atoms with Gasteiger partial charge in [0.15, 0.2) is 5.69 Å². The fourth-order valence-corrected chi connectivity index (χ4v) is 7.64. The summed E-state index contributed by atoms with van der Waals surface area (Å²) in [5, 5.41) is 32.0. The topological polar surface area (TPSA) is 80.7 Å². The quantitative estimate of drug-likeness (QED) is 0.186. The number of hydrogen-bond donors (Lipinski definition) is 0. The fourth-order valence-electron chi connectivity index (χ4n) is 7.64. The average molecular weight is 531 g/mol. The minimum absolute atomic E-state index is 0.339. The van der Waals surface area contributed by atoms with Crippen LogP contribution in [0.1, 0.15) is 40.3 Å². The standard InChI is InChI=1S/C36H18BN5/c1-36-29-10-4-3-8-25(29)26-9-7-13-32(33(26)36)37(31-12-6-5-11-30(31)36)42-34-22(19-39)14-21(18-38)15-27(34)28-17-24(41-2)16-23(20-40)35(28)42/h3-17H,1H3. The predicted octanol–water partition coefficient (Wildman–Crippen LogP) is 6.26. The molecule has 42 heavy (non-hydrogen) atoms. The first kappa shape index (κ1) is 23.8. The van der Waals surface area contributed by atoms with Gasteiger partial charge in [-0.15, -0.1) is 0 Å². The first-order valence-electron chi connectivity index (χ1n) is 13.6. The van der Waals surface area contributed by atoms with Crippen molar-refractivity contribution >= 4 is 45.3 Å². The molecule has 1 aliphatic carbocycles. The van der Waals surface area contributed by atoms with Crippen LogP contribution in [0.4, 0.5) is 5.69 Å². The summed E-state index contributed by atoms with van der Waals surface area (Å²) in [6.45, 7) is 9.63. The van der Waals surface area contributed by atoms with Crippen LogP contribution in [0.15, 0.2) is 91.0 Å². The molecule has 6 heteroatoms. The van der Waals surface area contributed by atoms with Crippen LogP contribution in [0.2, 0.25) is 0 Å². The van der Waals surface area contributed by atoms with Gasteiger partial charge in [-0.3, -0.25) is 0 Å². The molecule has 0 bridgehead atoms. The lowest BCUT2D eigenvalue weighted by molar-refractivity contribution is 0.718. The van der Waals surface area contributed by atoms with Crippen molar-refractivity contribution in [1.29, 1.82) is 15.8 Å². The van der Waals surface area contributed by atoms with E-state index >= 15 is 0 Å². The van der Waals surface area contributed by atoms with E-state index in [1.54, 1.807) is 24.3 Å². The molecule has 0 N–H and O–H groups in total. The van der Waals surface area contributed by atoms with Crippen molar-refractivity contribution in [3.05, 3.63) is 136 Å². The molecule has 8 rings (SSSR count). The van der Waals surface area contributed by atoms with E-state index < -0.39 is 0 Å². The molecular formula is C36H18BN5. The van der Waals surface area contributed by atoms with Gasteiger partial charge in [0.2, 0.25) is 0 Å². The van der Waals surface area contributed by atoms with Crippen molar-refractivity contribution in [2.45, 2.75) is 12.3 Å². The molecular weight excluding hydrogens is 513 g/mol. The van der Waals surface area contributed by atoms with Gasteiger partial charge in [-0.05, 0) is 75.3 Å². The molecule has 190 valence electrons. The third-order valence-electron chi connectivity index (χ3n) is 9.18. The molecule has 0 amide bonds. The van der Waals surface area contributed by atoms with E-state index in [0.717, 1.165) is 10.9 Å². The third-order valence-corrected chi connectivity index (χ3v) is 9.18. The van der Waals surface area contributed by atoms with Gasteiger partial charge in [0.05, 0.1) is 46.4 Å². The van der Waals surface area contributed by atoms with Crippen molar-refractivity contribution in [1.82, 2.24) is 4.48 Å². The van der Waals surface area contributed by atoms with Crippen LogP contribution < -0.4 is 10.9 Å². The number of nitrogens with zero attached hydrogens (tertiary/aromatic N) is 5. The molecule has 0 saturated carbocycles. The highest BCUT2D eigenvalue weighted by Gasteiger charge is 2.50. The second kappa shape index (κ2) is 8.22. The van der Waals surface area contributed by atoms with Crippen LogP contribution in [0.5, 0.6) is 0 Å². The Hall–Kier alpha value is -6.08. The number of hydrogen-bond acceptors (Lipinski definition) is 3. The number of nitriles is 3. The Morgan fingerprint density at radius 1 is 0.714 bits per heavy atom. The molecule has 2 aliphatic rings. The number of aromatic nitrogens is 1. The maximum Gasteiger partial charge on any atom is 0.328 e. The fraction of sp³-hybridized carbons (Fsp3) is 0.0556. The SMILES string of the molecule is [C-]#[N+]c1cc(C#N)c2c(c1)c1cc(C#N)cc(C#N)c1n2B1c2ccccc2C2(C)c3ccccc3-c3cccc1c32. The lowest BCUT2D eigenvalue weighted by Gasteiger charge is -2.39. The van der Waals surface area contributed by atoms with Gasteiger partial charge >= 0.3 is 6.85 Å². The summed E-state index contributed by atoms with van der Waals surface area (Å²) in [6.07, 6.45) is 0. The molecule has 1 unspecified atom stereocenters. The third kappa shape index (κ3) is 2.74. The highest BCUT2D eigenvalue weighted by atomic mass is 14.9. The summed E-state index contributed by atoms with van der Waals surface area (Å²) in [5.41, 5.74) is 10.6. The maximum absolute atomic E-state index is 10.4. The van der Waals surface area contributed by atoms with Gasteiger partial charge in [-0.25, -0.2) is 4.85 Å². The molecule has 1 atom stereocenters. The van der Waals surface area contributed by atoms with Crippen LogP contribution in [0.3, 0.4) is 0 Å². The Morgan fingerprint density at radius 2 is 1.36 bits per heavy atom. The van der Waals surface area contributed by atoms with Gasteiger partial charge in [0.25, 0.3) is 0 Å². The molecule has 1 aliphatic heterocycles. The smallest absolute Gasteiger partial charge is 0.328 e. The first-order valence-corrected chi connectivity index (χ1v) is 13.6. The summed E-state index contributed by atoms with van der Waals surface area (Å²) >= 11 is 0. The van der Waals surface area contributed by atoms with E-state index in [4.69, 9.17) is 6.57 Å². The van der Waals surface area contributed by atoms with E-state index in [1.165, 1.54) is 27.8 Å². The van der Waals surface area contributed by atoms with E-state index in [0.29, 0.717) is 44.2 Å². The molecule has 0 spiro atoms. The van der Waals surface area contributed by atoms with Crippen molar-refractivity contribution < 1.29 is 0 Å². The lowest BCUT2D eigenvalue weighted by atomic mass is 9.41. The van der Waals surface area contributed by atoms with Crippen LogP contribution >= 0.6 is 0 Å². The summed E-state index contributed by atoms with van der Waals surface area (Å²) in [5.74, 6) is 0. The Labute approximate surface area is 242 Å². The number of rotatable bonds is 1. The van der Waals surface area contributed by atoms with Gasteiger partial charge in [-0.2, -0.15) is 15.8 Å². The van der Waals surface area contributed by atoms with Crippen molar-refractivity contribution in [2.24, 2.45) is 0 Å². The van der Waals surface area contributed by atoms with Crippen LogP contribution in [0, 0.1) is 40.6 Å². The Morgan fingerprint density at radius 3 is 2.10 bits per heavy atom. The molecule has 0 radical (unpaired) electrons. The van der Waals surface area contributed by atoms with E-state index in [2.05, 4.69) is 95.1 Å². The first-order chi connectivity index (χ1) is 20.5. The molecule has 0 saturated heterocycles.